The van der Waals surface area contributed by atoms with Crippen molar-refractivity contribution in [3.05, 3.63) is 35.9 Å². The first-order valence-electron chi connectivity index (χ1n) is 12.5. The first-order valence-corrected chi connectivity index (χ1v) is 12.5. The van der Waals surface area contributed by atoms with E-state index in [2.05, 4.69) is 16.0 Å². The summed E-state index contributed by atoms with van der Waals surface area (Å²) in [6.07, 6.45) is 4.31. The standard InChI is InChI=1S/C26H36N4O5/c1-3-26(2)25(35)28-20(17-18-11-5-4-6-12-18)24(34)30-15-9-7-14-21(30)23(33)27-19(22(32)29-26)13-8-10-16-31/h4-6,11-12,16,19-21H,3,7-10,13-15,17H2,1-2H3,(H,27,33)(H,28,35)(H,29,32)/t19-,20-,21+,26-/m0/s1. The summed E-state index contributed by atoms with van der Waals surface area (Å²) in [4.78, 5) is 66.1. The lowest BCUT2D eigenvalue weighted by Gasteiger charge is -2.40. The summed E-state index contributed by atoms with van der Waals surface area (Å²) in [6, 6.07) is 6.91. The zero-order valence-electron chi connectivity index (χ0n) is 20.5. The van der Waals surface area contributed by atoms with Crippen LogP contribution in [0, 0.1) is 0 Å². The van der Waals surface area contributed by atoms with Gasteiger partial charge in [-0.3, -0.25) is 19.2 Å². The van der Waals surface area contributed by atoms with E-state index in [1.165, 1.54) is 0 Å². The first kappa shape index (κ1) is 26.4. The second-order valence-corrected chi connectivity index (χ2v) is 9.59. The van der Waals surface area contributed by atoms with Crippen LogP contribution in [-0.4, -0.2) is 65.0 Å². The minimum absolute atomic E-state index is 0.259. The topological polar surface area (TPSA) is 125 Å². The monoisotopic (exact) mass is 484 g/mol. The summed E-state index contributed by atoms with van der Waals surface area (Å²) in [5.41, 5.74) is -0.394. The van der Waals surface area contributed by atoms with E-state index in [0.717, 1.165) is 24.7 Å². The number of fused-ring (bicyclic) bond motifs is 1. The van der Waals surface area contributed by atoms with Gasteiger partial charge in [-0.15, -0.1) is 0 Å². The molecule has 9 nitrogen and oxygen atoms in total. The molecule has 0 aromatic heterocycles. The molecule has 0 radical (unpaired) electrons. The lowest BCUT2D eigenvalue weighted by Crippen LogP contribution is -2.66. The third-order valence-electron chi connectivity index (χ3n) is 7.03. The summed E-state index contributed by atoms with van der Waals surface area (Å²) in [5.74, 6) is -1.61. The van der Waals surface area contributed by atoms with Crippen molar-refractivity contribution >= 4 is 29.9 Å². The predicted octanol–water partition coefficient (Wildman–Crippen LogP) is 1.25. The highest BCUT2D eigenvalue weighted by molar-refractivity contribution is 5.99. The Morgan fingerprint density at radius 2 is 1.77 bits per heavy atom. The second-order valence-electron chi connectivity index (χ2n) is 9.59. The van der Waals surface area contributed by atoms with E-state index < -0.39 is 35.5 Å². The largest absolute Gasteiger partial charge is 0.343 e. The maximum atomic E-state index is 13.8. The number of hydrogen-bond donors (Lipinski definition) is 3. The van der Waals surface area contributed by atoms with Crippen LogP contribution in [0.15, 0.2) is 30.3 Å². The molecule has 1 aromatic rings. The van der Waals surface area contributed by atoms with Crippen molar-refractivity contribution in [1.29, 1.82) is 0 Å². The van der Waals surface area contributed by atoms with Gasteiger partial charge < -0.3 is 25.6 Å². The number of benzene rings is 1. The van der Waals surface area contributed by atoms with Gasteiger partial charge in [0, 0.05) is 19.4 Å². The van der Waals surface area contributed by atoms with Gasteiger partial charge in [-0.25, -0.2) is 0 Å². The maximum absolute atomic E-state index is 13.8. The fraction of sp³-hybridized carbons (Fsp3) is 0.577. The van der Waals surface area contributed by atoms with E-state index in [9.17, 15) is 24.0 Å². The van der Waals surface area contributed by atoms with E-state index in [-0.39, 0.29) is 37.5 Å². The average molecular weight is 485 g/mol. The van der Waals surface area contributed by atoms with E-state index >= 15 is 0 Å². The Morgan fingerprint density at radius 3 is 2.46 bits per heavy atom. The van der Waals surface area contributed by atoms with Crippen LogP contribution in [0.3, 0.4) is 0 Å². The van der Waals surface area contributed by atoms with Crippen LogP contribution >= 0.6 is 0 Å². The number of aldehydes is 1. The van der Waals surface area contributed by atoms with Crippen molar-refractivity contribution < 1.29 is 24.0 Å². The van der Waals surface area contributed by atoms with Crippen LogP contribution in [-0.2, 0) is 30.4 Å². The molecular formula is C26H36N4O5. The van der Waals surface area contributed by atoms with Crippen LogP contribution in [0.4, 0.5) is 0 Å². The summed E-state index contributed by atoms with van der Waals surface area (Å²) in [7, 11) is 0. The molecule has 4 atom stereocenters. The number of hydrogen-bond acceptors (Lipinski definition) is 5. The number of amides is 4. The summed E-state index contributed by atoms with van der Waals surface area (Å²) in [5, 5.41) is 8.50. The summed E-state index contributed by atoms with van der Waals surface area (Å²) >= 11 is 0. The van der Waals surface area contributed by atoms with Gasteiger partial charge >= 0.3 is 0 Å². The Bertz CT molecular complexity index is 937. The van der Waals surface area contributed by atoms with Crippen molar-refractivity contribution in [1.82, 2.24) is 20.9 Å². The average Bonchev–Trinajstić information content (AvgIpc) is 2.87. The van der Waals surface area contributed by atoms with Gasteiger partial charge in [-0.2, -0.15) is 0 Å². The zero-order valence-corrected chi connectivity index (χ0v) is 20.5. The minimum Gasteiger partial charge on any atom is -0.343 e. The Balaban J connectivity index is 1.97. The molecule has 3 rings (SSSR count). The lowest BCUT2D eigenvalue weighted by molar-refractivity contribution is -0.147. The fourth-order valence-electron chi connectivity index (χ4n) is 4.64. The molecule has 3 N–H and O–H groups in total. The van der Waals surface area contributed by atoms with Crippen molar-refractivity contribution in [2.24, 2.45) is 0 Å². The second kappa shape index (κ2) is 12.0. The van der Waals surface area contributed by atoms with Crippen molar-refractivity contribution in [2.45, 2.75) is 88.9 Å². The molecule has 9 heteroatoms. The zero-order chi connectivity index (χ0) is 25.4. The SMILES string of the molecule is CC[C@]1(C)NC(=O)[C@H](CCCC=O)NC(=O)[C@H]2CCCCN2C(=O)[C@H](Cc2ccccc2)NC1=O. The van der Waals surface area contributed by atoms with E-state index in [1.807, 2.05) is 30.3 Å². The van der Waals surface area contributed by atoms with Gasteiger partial charge in [-0.1, -0.05) is 37.3 Å². The number of nitrogens with one attached hydrogen (secondary N) is 3. The molecule has 0 spiro atoms. The van der Waals surface area contributed by atoms with Crippen LogP contribution < -0.4 is 16.0 Å². The van der Waals surface area contributed by atoms with Crippen molar-refractivity contribution in [2.75, 3.05) is 6.54 Å². The molecule has 2 aliphatic rings. The lowest BCUT2D eigenvalue weighted by atomic mass is 9.93. The first-order chi connectivity index (χ1) is 16.8. The quantitative estimate of drug-likeness (QED) is 0.397. The van der Waals surface area contributed by atoms with Gasteiger partial charge in [-0.05, 0) is 51.0 Å². The number of carbonyl (C=O) groups is 5. The molecule has 2 fully saturated rings. The van der Waals surface area contributed by atoms with Crippen LogP contribution in [0.1, 0.15) is 64.4 Å². The van der Waals surface area contributed by atoms with Crippen molar-refractivity contribution in [3.8, 4) is 0 Å². The third-order valence-corrected chi connectivity index (χ3v) is 7.03. The summed E-state index contributed by atoms with van der Waals surface area (Å²) in [6.45, 7) is 3.80. The predicted molar refractivity (Wildman–Crippen MR) is 130 cm³/mol. The molecular weight excluding hydrogens is 448 g/mol. The molecule has 4 amide bonds. The van der Waals surface area contributed by atoms with Crippen LogP contribution in [0.2, 0.25) is 0 Å². The van der Waals surface area contributed by atoms with Crippen molar-refractivity contribution in [3.63, 3.8) is 0 Å². The highest BCUT2D eigenvalue weighted by Crippen LogP contribution is 2.21. The molecule has 0 saturated carbocycles. The Kier molecular flexibility index (Phi) is 9.01. The molecule has 2 aliphatic heterocycles. The Morgan fingerprint density at radius 1 is 1.03 bits per heavy atom. The van der Waals surface area contributed by atoms with Crippen LogP contribution in [0.25, 0.3) is 0 Å². The van der Waals surface area contributed by atoms with E-state index in [1.54, 1.807) is 18.7 Å². The van der Waals surface area contributed by atoms with Gasteiger partial charge in [0.1, 0.15) is 30.0 Å². The highest BCUT2D eigenvalue weighted by Gasteiger charge is 2.42. The molecule has 2 heterocycles. The van der Waals surface area contributed by atoms with Crippen LogP contribution in [0.5, 0.6) is 0 Å². The number of piperidine rings is 1. The van der Waals surface area contributed by atoms with Gasteiger partial charge in [0.15, 0.2) is 0 Å². The fourth-order valence-corrected chi connectivity index (χ4v) is 4.64. The minimum atomic E-state index is -1.28. The maximum Gasteiger partial charge on any atom is 0.246 e. The number of unbranched alkanes of at least 4 members (excludes halogenated alkanes) is 1. The molecule has 35 heavy (non-hydrogen) atoms. The smallest absolute Gasteiger partial charge is 0.246 e. The van der Waals surface area contributed by atoms with Gasteiger partial charge in [0.25, 0.3) is 0 Å². The normalized spacial score (nSPS) is 28.1. The van der Waals surface area contributed by atoms with E-state index in [4.69, 9.17) is 0 Å². The van der Waals surface area contributed by atoms with E-state index in [0.29, 0.717) is 19.4 Å². The number of rotatable bonds is 7. The molecule has 2 saturated heterocycles. The molecule has 190 valence electrons. The Hall–Kier alpha value is -3.23. The molecule has 0 bridgehead atoms. The molecule has 0 aliphatic carbocycles. The summed E-state index contributed by atoms with van der Waals surface area (Å²) < 4.78 is 0. The number of carbonyl (C=O) groups excluding carboxylic acids is 5. The molecule has 0 unspecified atom stereocenters. The third kappa shape index (κ3) is 6.46. The van der Waals surface area contributed by atoms with Gasteiger partial charge in [0.2, 0.25) is 23.6 Å². The molecule has 1 aromatic carbocycles. The Labute approximate surface area is 206 Å². The highest BCUT2D eigenvalue weighted by atomic mass is 16.2. The number of nitrogens with zero attached hydrogens (tertiary/aromatic N) is 1. The van der Waals surface area contributed by atoms with Gasteiger partial charge in [0.05, 0.1) is 0 Å².